The topological polar surface area (TPSA) is 132 Å². The fraction of sp³-hybridized carbons (Fsp3) is 0.333. The highest BCUT2D eigenvalue weighted by Gasteiger charge is 2.31. The zero-order chi connectivity index (χ0) is 28.9. The first kappa shape index (κ1) is 29.9. The number of carbonyl (C=O) groups excluding carboxylic acids is 2. The lowest BCUT2D eigenvalue weighted by Gasteiger charge is -2.22. The predicted molar refractivity (Wildman–Crippen MR) is 140 cm³/mol. The Labute approximate surface area is 230 Å². The SMILES string of the molecule is CCn1c(SCC(=O)Nc2cc(C(F)(F)F)ccc2Cl)nnc1[C@@H](NC(=O)c1cccc([N+](=O)[O-])c1)C(C)C. The molecule has 0 bridgehead atoms. The molecule has 39 heavy (non-hydrogen) atoms. The minimum absolute atomic E-state index is 0.0420. The maximum absolute atomic E-state index is 13.0. The zero-order valence-electron chi connectivity index (χ0n) is 21.0. The van der Waals surface area contributed by atoms with Gasteiger partial charge in [0, 0.05) is 24.2 Å². The number of halogens is 4. The van der Waals surface area contributed by atoms with Crippen molar-refractivity contribution in [2.45, 2.75) is 44.7 Å². The van der Waals surface area contributed by atoms with E-state index in [1.165, 1.54) is 24.3 Å². The van der Waals surface area contributed by atoms with Gasteiger partial charge in [0.15, 0.2) is 11.0 Å². The van der Waals surface area contributed by atoms with E-state index in [0.29, 0.717) is 17.5 Å². The van der Waals surface area contributed by atoms with E-state index in [4.69, 9.17) is 11.6 Å². The third-order valence-electron chi connectivity index (χ3n) is 5.51. The number of hydrogen-bond donors (Lipinski definition) is 2. The molecule has 15 heteroatoms. The van der Waals surface area contributed by atoms with Crippen LogP contribution < -0.4 is 10.6 Å². The largest absolute Gasteiger partial charge is 0.416 e. The number of thioether (sulfide) groups is 1. The number of non-ortho nitro benzene ring substituents is 1. The summed E-state index contributed by atoms with van der Waals surface area (Å²) in [5.41, 5.74) is -1.23. The number of rotatable bonds is 10. The van der Waals surface area contributed by atoms with Crippen molar-refractivity contribution in [2.75, 3.05) is 11.1 Å². The number of nitro groups is 1. The van der Waals surface area contributed by atoms with Crippen molar-refractivity contribution >= 4 is 46.6 Å². The van der Waals surface area contributed by atoms with Crippen LogP contribution in [0.5, 0.6) is 0 Å². The summed E-state index contributed by atoms with van der Waals surface area (Å²) in [6.07, 6.45) is -4.59. The Morgan fingerprint density at radius 1 is 1.18 bits per heavy atom. The monoisotopic (exact) mass is 584 g/mol. The third kappa shape index (κ3) is 7.47. The van der Waals surface area contributed by atoms with Crippen molar-refractivity contribution in [2.24, 2.45) is 5.92 Å². The molecule has 208 valence electrons. The van der Waals surface area contributed by atoms with Crippen LogP contribution in [0.1, 0.15) is 48.6 Å². The Morgan fingerprint density at radius 2 is 1.90 bits per heavy atom. The van der Waals surface area contributed by atoms with Gasteiger partial charge in [0.1, 0.15) is 0 Å². The van der Waals surface area contributed by atoms with Crippen molar-refractivity contribution in [1.82, 2.24) is 20.1 Å². The molecular weight excluding hydrogens is 561 g/mol. The molecule has 0 fully saturated rings. The van der Waals surface area contributed by atoms with E-state index in [9.17, 15) is 32.9 Å². The number of alkyl halides is 3. The number of amides is 2. The van der Waals surface area contributed by atoms with Gasteiger partial charge in [-0.2, -0.15) is 13.2 Å². The number of carbonyl (C=O) groups is 2. The molecular formula is C24H24ClF3N6O4S. The standard InChI is InChI=1S/C24H24ClF3N6O4S/c1-4-33-21(20(13(2)3)30-22(36)14-6-5-7-16(10-14)34(37)38)31-32-23(33)39-12-19(35)29-18-11-15(24(26,27)28)8-9-17(18)25/h5-11,13,20H,4,12H2,1-3H3,(H,29,35)(H,30,36)/t20-/m0/s1. The Morgan fingerprint density at radius 3 is 2.51 bits per heavy atom. The van der Waals surface area contributed by atoms with E-state index in [-0.39, 0.29) is 33.6 Å². The van der Waals surface area contributed by atoms with Crippen LogP contribution in [0.2, 0.25) is 5.02 Å². The average Bonchev–Trinajstić information content (AvgIpc) is 3.28. The smallest absolute Gasteiger partial charge is 0.342 e. The minimum atomic E-state index is -4.59. The quantitative estimate of drug-likeness (QED) is 0.176. The van der Waals surface area contributed by atoms with Crippen LogP contribution in [0.3, 0.4) is 0 Å². The number of aromatic nitrogens is 3. The Balaban J connectivity index is 1.74. The van der Waals surface area contributed by atoms with Crippen LogP contribution in [-0.4, -0.2) is 37.3 Å². The van der Waals surface area contributed by atoms with Crippen molar-refractivity contribution < 1.29 is 27.7 Å². The highest BCUT2D eigenvalue weighted by atomic mass is 35.5. The normalized spacial score (nSPS) is 12.3. The fourth-order valence-electron chi connectivity index (χ4n) is 3.56. The minimum Gasteiger partial charge on any atom is -0.342 e. The molecule has 1 atom stereocenters. The second-order valence-corrected chi connectivity index (χ2v) is 9.97. The molecule has 0 spiro atoms. The molecule has 0 aliphatic carbocycles. The lowest BCUT2D eigenvalue weighted by molar-refractivity contribution is -0.384. The number of nitro benzene ring substituents is 1. The highest BCUT2D eigenvalue weighted by Crippen LogP contribution is 2.34. The maximum atomic E-state index is 13.0. The van der Waals surface area contributed by atoms with Crippen LogP contribution in [-0.2, 0) is 17.5 Å². The van der Waals surface area contributed by atoms with Gasteiger partial charge < -0.3 is 15.2 Å². The third-order valence-corrected chi connectivity index (χ3v) is 6.81. The maximum Gasteiger partial charge on any atom is 0.416 e. The van der Waals surface area contributed by atoms with Crippen LogP contribution >= 0.6 is 23.4 Å². The molecule has 0 aliphatic rings. The molecule has 2 N–H and O–H groups in total. The Hall–Kier alpha value is -3.65. The van der Waals surface area contributed by atoms with Gasteiger partial charge in [-0.3, -0.25) is 19.7 Å². The summed E-state index contributed by atoms with van der Waals surface area (Å²) in [6.45, 7) is 5.92. The van der Waals surface area contributed by atoms with Gasteiger partial charge in [-0.1, -0.05) is 43.3 Å². The first-order valence-corrected chi connectivity index (χ1v) is 13.0. The number of nitrogens with zero attached hydrogens (tertiary/aromatic N) is 4. The molecule has 0 saturated carbocycles. The first-order valence-electron chi connectivity index (χ1n) is 11.6. The van der Waals surface area contributed by atoms with Gasteiger partial charge in [-0.25, -0.2) is 0 Å². The fourth-order valence-corrected chi connectivity index (χ4v) is 4.54. The van der Waals surface area contributed by atoms with Crippen molar-refractivity contribution in [3.8, 4) is 0 Å². The second kappa shape index (κ2) is 12.5. The number of benzene rings is 2. The van der Waals surface area contributed by atoms with Gasteiger partial charge in [0.25, 0.3) is 11.6 Å². The zero-order valence-corrected chi connectivity index (χ0v) is 22.5. The van der Waals surface area contributed by atoms with Crippen LogP contribution in [0.25, 0.3) is 0 Å². The van der Waals surface area contributed by atoms with Gasteiger partial charge in [-0.05, 0) is 37.1 Å². The molecule has 0 saturated heterocycles. The molecule has 1 aromatic heterocycles. The van der Waals surface area contributed by atoms with Crippen LogP contribution in [0, 0.1) is 16.0 Å². The molecule has 2 amide bonds. The summed E-state index contributed by atoms with van der Waals surface area (Å²) < 4.78 is 40.7. The van der Waals surface area contributed by atoms with E-state index in [0.717, 1.165) is 30.0 Å². The summed E-state index contributed by atoms with van der Waals surface area (Å²) >= 11 is 6.96. The lowest BCUT2D eigenvalue weighted by atomic mass is 10.0. The molecule has 0 aliphatic heterocycles. The number of anilines is 1. The van der Waals surface area contributed by atoms with E-state index in [1.807, 2.05) is 20.8 Å². The molecule has 2 aromatic carbocycles. The molecule has 0 radical (unpaired) electrons. The van der Waals surface area contributed by atoms with Crippen molar-refractivity contribution in [3.63, 3.8) is 0 Å². The summed E-state index contributed by atoms with van der Waals surface area (Å²) in [5.74, 6) is -1.07. The number of nitrogens with one attached hydrogen (secondary N) is 2. The molecule has 10 nitrogen and oxygen atoms in total. The van der Waals surface area contributed by atoms with E-state index in [2.05, 4.69) is 20.8 Å². The van der Waals surface area contributed by atoms with Gasteiger partial charge >= 0.3 is 6.18 Å². The van der Waals surface area contributed by atoms with Gasteiger partial charge in [-0.15, -0.1) is 10.2 Å². The summed E-state index contributed by atoms with van der Waals surface area (Å²) in [6, 6.07) is 7.35. The summed E-state index contributed by atoms with van der Waals surface area (Å²) in [7, 11) is 0. The lowest BCUT2D eigenvalue weighted by Crippen LogP contribution is -2.33. The average molecular weight is 585 g/mol. The van der Waals surface area contributed by atoms with Crippen LogP contribution in [0.4, 0.5) is 24.5 Å². The predicted octanol–water partition coefficient (Wildman–Crippen LogP) is 5.74. The van der Waals surface area contributed by atoms with Crippen molar-refractivity contribution in [1.29, 1.82) is 0 Å². The highest BCUT2D eigenvalue weighted by molar-refractivity contribution is 7.99. The molecule has 0 unspecified atom stereocenters. The van der Waals surface area contributed by atoms with Crippen molar-refractivity contribution in [3.05, 3.63) is 74.6 Å². The van der Waals surface area contributed by atoms with E-state index >= 15 is 0 Å². The second-order valence-electron chi connectivity index (χ2n) is 8.62. The van der Waals surface area contributed by atoms with Gasteiger partial charge in [0.2, 0.25) is 5.91 Å². The van der Waals surface area contributed by atoms with Gasteiger partial charge in [0.05, 0.1) is 33.0 Å². The first-order chi connectivity index (χ1) is 18.3. The Kier molecular flexibility index (Phi) is 9.56. The molecule has 3 rings (SSSR count). The summed E-state index contributed by atoms with van der Waals surface area (Å²) in [5, 5.41) is 24.9. The van der Waals surface area contributed by atoms with Crippen LogP contribution in [0.15, 0.2) is 47.6 Å². The molecule has 1 heterocycles. The Bertz CT molecular complexity index is 1380. The van der Waals surface area contributed by atoms with E-state index < -0.39 is 34.5 Å². The number of hydrogen-bond acceptors (Lipinski definition) is 7. The summed E-state index contributed by atoms with van der Waals surface area (Å²) in [4.78, 5) is 35.9. The van der Waals surface area contributed by atoms with E-state index in [1.54, 1.807) is 4.57 Å². The molecule has 3 aromatic rings.